The Morgan fingerprint density at radius 1 is 1.33 bits per heavy atom. The minimum Gasteiger partial charge on any atom is -0.494 e. The van der Waals surface area contributed by atoms with E-state index in [1.807, 2.05) is 13.0 Å². The first-order valence-electron chi connectivity index (χ1n) is 7.51. The molecule has 0 aliphatic rings. The highest BCUT2D eigenvalue weighted by Crippen LogP contribution is 2.28. The van der Waals surface area contributed by atoms with E-state index in [9.17, 15) is 0 Å². The fraction of sp³-hybridized carbons (Fsp3) is 0.471. The Labute approximate surface area is 131 Å². The first-order valence-corrected chi connectivity index (χ1v) is 8.39. The molecule has 0 fully saturated rings. The molecule has 0 radical (unpaired) electrons. The molecule has 0 bridgehead atoms. The summed E-state index contributed by atoms with van der Waals surface area (Å²) in [6.07, 6.45) is 1.02. The molecule has 2 aromatic rings. The van der Waals surface area contributed by atoms with E-state index in [-0.39, 0.29) is 6.04 Å². The van der Waals surface area contributed by atoms with Crippen LogP contribution in [-0.4, -0.2) is 17.6 Å². The fourth-order valence-corrected chi connectivity index (χ4v) is 3.03. The topological polar surface area (TPSA) is 34.1 Å². The quantitative estimate of drug-likeness (QED) is 0.827. The average Bonchev–Trinajstić information content (AvgIpc) is 2.89. The Morgan fingerprint density at radius 2 is 2.14 bits per heavy atom. The van der Waals surface area contributed by atoms with Crippen LogP contribution in [0.1, 0.15) is 49.5 Å². The molecule has 3 nitrogen and oxygen atoms in total. The summed E-state index contributed by atoms with van der Waals surface area (Å²) >= 11 is 1.70. The zero-order valence-electron chi connectivity index (χ0n) is 13.2. The van der Waals surface area contributed by atoms with Gasteiger partial charge >= 0.3 is 0 Å². The maximum absolute atomic E-state index is 5.75. The first-order chi connectivity index (χ1) is 10.1. The van der Waals surface area contributed by atoms with Gasteiger partial charge < -0.3 is 10.1 Å². The molecule has 21 heavy (non-hydrogen) atoms. The Kier molecular flexibility index (Phi) is 5.76. The van der Waals surface area contributed by atoms with Gasteiger partial charge in [0.05, 0.1) is 12.6 Å². The number of benzene rings is 1. The molecule has 0 aliphatic heterocycles. The lowest BCUT2D eigenvalue weighted by Crippen LogP contribution is -2.29. The van der Waals surface area contributed by atoms with Crippen LogP contribution in [0, 0.1) is 6.92 Å². The number of nitrogens with zero attached hydrogens (tertiary/aromatic N) is 1. The Bertz CT molecular complexity index is 565. The number of aryl methyl sites for hydroxylation is 1. The van der Waals surface area contributed by atoms with Gasteiger partial charge in [0.25, 0.3) is 0 Å². The minimum absolute atomic E-state index is 0.119. The van der Waals surface area contributed by atoms with Crippen molar-refractivity contribution in [1.82, 2.24) is 10.3 Å². The summed E-state index contributed by atoms with van der Waals surface area (Å²) in [6.45, 7) is 9.22. The summed E-state index contributed by atoms with van der Waals surface area (Å²) in [4.78, 5) is 4.65. The van der Waals surface area contributed by atoms with Crippen LogP contribution in [0.4, 0.5) is 0 Å². The predicted molar refractivity (Wildman–Crippen MR) is 89.2 cm³/mol. The molecule has 1 N–H and O–H groups in total. The van der Waals surface area contributed by atoms with Crippen LogP contribution in [0.3, 0.4) is 0 Å². The number of rotatable bonds is 7. The maximum atomic E-state index is 5.75. The molecule has 0 saturated heterocycles. The molecule has 0 saturated carbocycles. The summed E-state index contributed by atoms with van der Waals surface area (Å²) < 4.78 is 5.75. The van der Waals surface area contributed by atoms with Crippen LogP contribution in [0.2, 0.25) is 0 Å². The van der Waals surface area contributed by atoms with E-state index in [0.717, 1.165) is 29.5 Å². The van der Waals surface area contributed by atoms with Gasteiger partial charge in [-0.25, -0.2) is 4.98 Å². The molecular formula is C17H24N2OS. The van der Waals surface area contributed by atoms with Gasteiger partial charge in [-0.2, -0.15) is 0 Å². The number of hydrogen-bond acceptors (Lipinski definition) is 4. The SMILES string of the molecule is CCCOc1cccc(C(NC(C)C)c2nc(C)cs2)c1. The van der Waals surface area contributed by atoms with Crippen molar-refractivity contribution in [3.05, 3.63) is 45.9 Å². The van der Waals surface area contributed by atoms with E-state index in [1.54, 1.807) is 11.3 Å². The Morgan fingerprint density at radius 3 is 2.76 bits per heavy atom. The van der Waals surface area contributed by atoms with Gasteiger partial charge in [0.1, 0.15) is 10.8 Å². The van der Waals surface area contributed by atoms with Gasteiger partial charge in [-0.3, -0.25) is 0 Å². The fourth-order valence-electron chi connectivity index (χ4n) is 2.15. The third-order valence-electron chi connectivity index (χ3n) is 3.05. The van der Waals surface area contributed by atoms with E-state index in [4.69, 9.17) is 4.74 Å². The van der Waals surface area contributed by atoms with Gasteiger partial charge in [0.2, 0.25) is 0 Å². The van der Waals surface area contributed by atoms with Crippen molar-refractivity contribution >= 4 is 11.3 Å². The van der Waals surface area contributed by atoms with Crippen LogP contribution in [0.15, 0.2) is 29.6 Å². The van der Waals surface area contributed by atoms with Crippen molar-refractivity contribution in [2.24, 2.45) is 0 Å². The third kappa shape index (κ3) is 4.55. The molecule has 0 amide bonds. The number of hydrogen-bond donors (Lipinski definition) is 1. The van der Waals surface area contributed by atoms with E-state index in [2.05, 4.69) is 54.7 Å². The highest BCUT2D eigenvalue weighted by Gasteiger charge is 2.18. The molecule has 1 unspecified atom stereocenters. The van der Waals surface area contributed by atoms with Crippen molar-refractivity contribution in [2.45, 2.75) is 46.2 Å². The van der Waals surface area contributed by atoms with Crippen LogP contribution < -0.4 is 10.1 Å². The van der Waals surface area contributed by atoms with Crippen LogP contribution in [0.5, 0.6) is 5.75 Å². The monoisotopic (exact) mass is 304 g/mol. The van der Waals surface area contributed by atoms with E-state index >= 15 is 0 Å². The molecule has 1 aromatic carbocycles. The normalized spacial score (nSPS) is 12.6. The molecule has 2 rings (SSSR count). The van der Waals surface area contributed by atoms with Crippen molar-refractivity contribution < 1.29 is 4.74 Å². The first kappa shape index (κ1) is 16.0. The number of nitrogens with one attached hydrogen (secondary N) is 1. The second-order valence-electron chi connectivity index (χ2n) is 5.50. The lowest BCUT2D eigenvalue weighted by molar-refractivity contribution is 0.317. The smallest absolute Gasteiger partial charge is 0.119 e. The van der Waals surface area contributed by atoms with Crippen LogP contribution in [0.25, 0.3) is 0 Å². The standard InChI is InChI=1S/C17H24N2OS/c1-5-9-20-15-8-6-7-14(10-15)16(18-12(2)3)17-19-13(4)11-21-17/h6-8,10-12,16,18H,5,9H2,1-4H3. The molecule has 114 valence electrons. The Hall–Kier alpha value is -1.39. The molecule has 0 spiro atoms. The van der Waals surface area contributed by atoms with Crippen LogP contribution in [-0.2, 0) is 0 Å². The van der Waals surface area contributed by atoms with E-state index < -0.39 is 0 Å². The molecule has 4 heteroatoms. The Balaban J connectivity index is 2.27. The second kappa shape index (κ2) is 7.57. The number of aromatic nitrogens is 1. The van der Waals surface area contributed by atoms with Gasteiger partial charge in [-0.1, -0.05) is 19.1 Å². The van der Waals surface area contributed by atoms with E-state index in [0.29, 0.717) is 6.04 Å². The van der Waals surface area contributed by atoms with Gasteiger partial charge in [-0.05, 0) is 44.9 Å². The summed E-state index contributed by atoms with van der Waals surface area (Å²) in [5, 5.41) is 6.81. The van der Waals surface area contributed by atoms with Gasteiger partial charge in [-0.15, -0.1) is 11.3 Å². The van der Waals surface area contributed by atoms with Gasteiger partial charge in [0.15, 0.2) is 0 Å². The van der Waals surface area contributed by atoms with Crippen LogP contribution >= 0.6 is 11.3 Å². The number of thiazole rings is 1. The van der Waals surface area contributed by atoms with Crippen molar-refractivity contribution in [3.63, 3.8) is 0 Å². The van der Waals surface area contributed by atoms with Gasteiger partial charge in [0, 0.05) is 17.1 Å². The lowest BCUT2D eigenvalue weighted by Gasteiger charge is -2.20. The van der Waals surface area contributed by atoms with Crippen molar-refractivity contribution in [2.75, 3.05) is 6.61 Å². The molecule has 1 atom stereocenters. The second-order valence-corrected chi connectivity index (χ2v) is 6.39. The minimum atomic E-state index is 0.119. The zero-order chi connectivity index (χ0) is 15.2. The molecule has 1 heterocycles. The zero-order valence-corrected chi connectivity index (χ0v) is 14.0. The van der Waals surface area contributed by atoms with E-state index in [1.165, 1.54) is 5.56 Å². The average molecular weight is 304 g/mol. The highest BCUT2D eigenvalue weighted by molar-refractivity contribution is 7.09. The van der Waals surface area contributed by atoms with Crippen molar-refractivity contribution in [3.8, 4) is 5.75 Å². The predicted octanol–water partition coefficient (Wildman–Crippen LogP) is 4.33. The summed E-state index contributed by atoms with van der Waals surface area (Å²) in [7, 11) is 0. The largest absolute Gasteiger partial charge is 0.494 e. The molecular weight excluding hydrogens is 280 g/mol. The summed E-state index contributed by atoms with van der Waals surface area (Å²) in [6, 6.07) is 8.82. The molecule has 1 aromatic heterocycles. The summed E-state index contributed by atoms with van der Waals surface area (Å²) in [5.74, 6) is 0.929. The number of ether oxygens (including phenoxy) is 1. The maximum Gasteiger partial charge on any atom is 0.119 e. The van der Waals surface area contributed by atoms with Crippen molar-refractivity contribution in [1.29, 1.82) is 0 Å². The third-order valence-corrected chi connectivity index (χ3v) is 4.08. The molecule has 0 aliphatic carbocycles. The summed E-state index contributed by atoms with van der Waals surface area (Å²) in [5.41, 5.74) is 2.27. The highest BCUT2D eigenvalue weighted by atomic mass is 32.1. The lowest BCUT2D eigenvalue weighted by atomic mass is 10.1.